The number of anilines is 1. The summed E-state index contributed by atoms with van der Waals surface area (Å²) in [5.41, 5.74) is 1.40. The quantitative estimate of drug-likeness (QED) is 0.700. The number of benzene rings is 1. The Bertz CT molecular complexity index is 966. The summed E-state index contributed by atoms with van der Waals surface area (Å²) in [5, 5.41) is 3.41. The van der Waals surface area contributed by atoms with Crippen LogP contribution in [0.1, 0.15) is 24.6 Å². The fraction of sp³-hybridized carbons (Fsp3) is 0.364. The van der Waals surface area contributed by atoms with Gasteiger partial charge < -0.3 is 14.8 Å². The first-order valence-electron chi connectivity index (χ1n) is 9.27. The number of hydrogen-bond donors (Lipinski definition) is 1. The van der Waals surface area contributed by atoms with Gasteiger partial charge in [-0.1, -0.05) is 11.8 Å². The fourth-order valence-corrected chi connectivity index (χ4v) is 3.29. The van der Waals surface area contributed by atoms with E-state index in [1.54, 1.807) is 20.4 Å². The van der Waals surface area contributed by atoms with Crippen LogP contribution in [-0.4, -0.2) is 54.8 Å². The summed E-state index contributed by atoms with van der Waals surface area (Å²) in [6, 6.07) is 5.83. The van der Waals surface area contributed by atoms with Gasteiger partial charge in [0.2, 0.25) is 5.95 Å². The molecule has 2 heterocycles. The van der Waals surface area contributed by atoms with Gasteiger partial charge in [-0.3, -0.25) is 4.90 Å². The highest BCUT2D eigenvalue weighted by Crippen LogP contribution is 2.22. The van der Waals surface area contributed by atoms with E-state index in [0.29, 0.717) is 29.2 Å². The van der Waals surface area contributed by atoms with Crippen LogP contribution in [0.3, 0.4) is 0 Å². The van der Waals surface area contributed by atoms with Gasteiger partial charge in [-0.2, -0.15) is 0 Å². The molecule has 1 saturated heterocycles. The van der Waals surface area contributed by atoms with Gasteiger partial charge in [-0.25, -0.2) is 9.97 Å². The number of methoxy groups -OCH3 is 2. The number of ether oxygens (including phenoxy) is 2. The first kappa shape index (κ1) is 21.0. The van der Waals surface area contributed by atoms with Crippen molar-refractivity contribution in [3.8, 4) is 35.2 Å². The molecule has 29 heavy (non-hydrogen) atoms. The molecule has 0 unspecified atom stereocenters. The maximum atomic E-state index is 5.29. The van der Waals surface area contributed by atoms with Crippen molar-refractivity contribution in [1.82, 2.24) is 14.9 Å². The molecule has 3 rings (SSSR count). The molecule has 1 fully saturated rings. The average molecular weight is 455 g/mol. The van der Waals surface area contributed by atoms with Crippen molar-refractivity contribution in [3.05, 3.63) is 40.1 Å². The summed E-state index contributed by atoms with van der Waals surface area (Å²) in [6.07, 6.45) is 2.76. The van der Waals surface area contributed by atoms with E-state index in [-0.39, 0.29) is 0 Å². The summed E-state index contributed by atoms with van der Waals surface area (Å²) < 4.78 is 11.3. The van der Waals surface area contributed by atoms with E-state index in [2.05, 4.69) is 59.8 Å². The Morgan fingerprint density at radius 3 is 2.66 bits per heavy atom. The Morgan fingerprint density at radius 1 is 1.21 bits per heavy atom. The number of nitrogens with zero attached hydrogens (tertiary/aromatic N) is 3. The summed E-state index contributed by atoms with van der Waals surface area (Å²) in [5.74, 6) is 14.2. The molecule has 1 atom stereocenters. The molecule has 6 nitrogen and oxygen atoms in total. The molecule has 0 aliphatic carbocycles. The predicted molar refractivity (Wildman–Crippen MR) is 117 cm³/mol. The lowest BCUT2D eigenvalue weighted by molar-refractivity contribution is 0.379. The molecule has 1 aromatic carbocycles. The first-order chi connectivity index (χ1) is 14.1. The van der Waals surface area contributed by atoms with Crippen molar-refractivity contribution in [2.75, 3.05) is 39.2 Å². The Hall–Kier alpha value is -2.74. The molecule has 0 bridgehead atoms. The summed E-state index contributed by atoms with van der Waals surface area (Å²) >= 11 is 3.48. The van der Waals surface area contributed by atoms with Crippen LogP contribution in [0.5, 0.6) is 11.5 Å². The highest BCUT2D eigenvalue weighted by Gasteiger charge is 2.22. The smallest absolute Gasteiger partial charge is 0.224 e. The summed E-state index contributed by atoms with van der Waals surface area (Å²) in [4.78, 5) is 11.3. The highest BCUT2D eigenvalue weighted by molar-refractivity contribution is 9.10. The van der Waals surface area contributed by atoms with Crippen LogP contribution in [-0.2, 0) is 0 Å². The molecule has 150 valence electrons. The Labute approximate surface area is 180 Å². The van der Waals surface area contributed by atoms with E-state index < -0.39 is 0 Å². The fourth-order valence-electron chi connectivity index (χ4n) is 3.00. The van der Waals surface area contributed by atoms with Gasteiger partial charge in [-0.15, -0.1) is 5.92 Å². The number of aromatic nitrogens is 2. The Kier molecular flexibility index (Phi) is 7.35. The molecule has 2 aromatic rings. The van der Waals surface area contributed by atoms with Gasteiger partial charge in [0.25, 0.3) is 0 Å². The SMILES string of the molecule is CC#CCN1CC[C@H](Nc2ncc(Br)c(C#Cc3cc(OC)cc(OC)c3)n2)C1. The van der Waals surface area contributed by atoms with Gasteiger partial charge in [0.15, 0.2) is 0 Å². The number of nitrogens with one attached hydrogen (secondary N) is 1. The molecule has 1 aliphatic rings. The predicted octanol–water partition coefficient (Wildman–Crippen LogP) is 3.17. The number of likely N-dealkylation sites (tertiary alicyclic amines) is 1. The number of hydrogen-bond acceptors (Lipinski definition) is 6. The van der Waals surface area contributed by atoms with Crippen molar-refractivity contribution >= 4 is 21.9 Å². The van der Waals surface area contributed by atoms with Crippen molar-refractivity contribution in [1.29, 1.82) is 0 Å². The zero-order valence-corrected chi connectivity index (χ0v) is 18.3. The minimum atomic E-state index is 0.304. The van der Waals surface area contributed by atoms with Gasteiger partial charge >= 0.3 is 0 Å². The Morgan fingerprint density at radius 2 is 1.97 bits per heavy atom. The third-order valence-electron chi connectivity index (χ3n) is 4.51. The van der Waals surface area contributed by atoms with Crippen LogP contribution in [0.4, 0.5) is 5.95 Å². The molecule has 0 spiro atoms. The van der Waals surface area contributed by atoms with Crippen LogP contribution >= 0.6 is 15.9 Å². The maximum Gasteiger partial charge on any atom is 0.224 e. The topological polar surface area (TPSA) is 59.5 Å². The third-order valence-corrected chi connectivity index (χ3v) is 5.09. The Balaban J connectivity index is 1.74. The molecule has 1 N–H and O–H groups in total. The minimum Gasteiger partial charge on any atom is -0.497 e. The second-order valence-electron chi connectivity index (χ2n) is 6.53. The first-order valence-corrected chi connectivity index (χ1v) is 10.1. The molecule has 7 heteroatoms. The average Bonchev–Trinajstić information content (AvgIpc) is 3.19. The lowest BCUT2D eigenvalue weighted by Crippen LogP contribution is -2.27. The second-order valence-corrected chi connectivity index (χ2v) is 7.39. The van der Waals surface area contributed by atoms with Crippen molar-refractivity contribution in [2.24, 2.45) is 0 Å². The van der Waals surface area contributed by atoms with Crippen LogP contribution in [0.15, 0.2) is 28.9 Å². The van der Waals surface area contributed by atoms with Gasteiger partial charge in [0.05, 0.1) is 25.2 Å². The normalized spacial score (nSPS) is 15.7. The van der Waals surface area contributed by atoms with Gasteiger partial charge in [0, 0.05) is 37.0 Å². The molecular weight excluding hydrogens is 432 g/mol. The number of halogens is 1. The summed E-state index contributed by atoms with van der Waals surface area (Å²) in [7, 11) is 3.23. The van der Waals surface area contributed by atoms with Crippen LogP contribution < -0.4 is 14.8 Å². The summed E-state index contributed by atoms with van der Waals surface area (Å²) in [6.45, 7) is 4.62. The largest absolute Gasteiger partial charge is 0.497 e. The van der Waals surface area contributed by atoms with Crippen LogP contribution in [0, 0.1) is 23.7 Å². The van der Waals surface area contributed by atoms with E-state index in [9.17, 15) is 0 Å². The molecular formula is C22H23BrN4O2. The van der Waals surface area contributed by atoms with Crippen molar-refractivity contribution < 1.29 is 9.47 Å². The monoisotopic (exact) mass is 454 g/mol. The lowest BCUT2D eigenvalue weighted by atomic mass is 10.2. The maximum absolute atomic E-state index is 5.29. The molecule has 1 aliphatic heterocycles. The van der Waals surface area contributed by atoms with Gasteiger partial charge in [0.1, 0.15) is 17.2 Å². The van der Waals surface area contributed by atoms with Crippen LogP contribution in [0.25, 0.3) is 0 Å². The second kappa shape index (κ2) is 10.2. The third kappa shape index (κ3) is 5.87. The van der Waals surface area contributed by atoms with E-state index in [1.807, 2.05) is 25.1 Å². The number of rotatable bonds is 5. The highest BCUT2D eigenvalue weighted by atomic mass is 79.9. The standard InChI is InChI=1S/C22H23BrN4O2/c1-4-5-9-27-10-8-17(15-27)25-22-24-14-20(23)21(26-22)7-6-16-11-18(28-2)13-19(12-16)29-3/h11-14,17H,8-10,15H2,1-3H3,(H,24,25,26)/t17-/m0/s1. The zero-order chi connectivity index (χ0) is 20.6. The molecule has 0 radical (unpaired) electrons. The van der Waals surface area contributed by atoms with Crippen LogP contribution in [0.2, 0.25) is 0 Å². The minimum absolute atomic E-state index is 0.304. The van der Waals surface area contributed by atoms with Crippen molar-refractivity contribution in [2.45, 2.75) is 19.4 Å². The van der Waals surface area contributed by atoms with Crippen molar-refractivity contribution in [3.63, 3.8) is 0 Å². The van der Waals surface area contributed by atoms with E-state index in [0.717, 1.165) is 36.1 Å². The molecule has 0 amide bonds. The van der Waals surface area contributed by atoms with E-state index >= 15 is 0 Å². The van der Waals surface area contributed by atoms with Gasteiger partial charge in [-0.05, 0) is 47.3 Å². The molecule has 0 saturated carbocycles. The molecule has 1 aromatic heterocycles. The van der Waals surface area contributed by atoms with E-state index in [1.165, 1.54) is 0 Å². The van der Waals surface area contributed by atoms with E-state index in [4.69, 9.17) is 9.47 Å². The lowest BCUT2D eigenvalue weighted by Gasteiger charge is -2.14. The zero-order valence-electron chi connectivity index (χ0n) is 16.8.